The molecule has 0 bridgehead atoms. The molecular formula is C22H24ClN7O. The zero-order chi connectivity index (χ0) is 22.0. The zero-order valence-corrected chi connectivity index (χ0v) is 18.4. The highest BCUT2D eigenvalue weighted by molar-refractivity contribution is 6.30. The van der Waals surface area contributed by atoms with E-state index in [0.717, 1.165) is 28.7 Å². The monoisotopic (exact) mass is 437 g/mol. The van der Waals surface area contributed by atoms with Crippen LogP contribution >= 0.6 is 11.6 Å². The summed E-state index contributed by atoms with van der Waals surface area (Å²) in [4.78, 5) is 22.0. The van der Waals surface area contributed by atoms with Crippen LogP contribution in [0.3, 0.4) is 0 Å². The number of benzene rings is 1. The van der Waals surface area contributed by atoms with Crippen LogP contribution in [0, 0.1) is 6.92 Å². The Morgan fingerprint density at radius 2 is 2.03 bits per heavy atom. The van der Waals surface area contributed by atoms with Gasteiger partial charge in [0.25, 0.3) is 5.91 Å². The second-order valence-electron chi connectivity index (χ2n) is 7.51. The van der Waals surface area contributed by atoms with E-state index in [1.807, 2.05) is 23.7 Å². The minimum atomic E-state index is -0.156. The SMILES string of the molecule is CC[C@@H](C)n1ncc2c(C(=O)NCCc3nc(-c4ccc(Cl)cc4)n[nH]3)cc(C)nc21. The Morgan fingerprint density at radius 1 is 1.26 bits per heavy atom. The first-order valence-corrected chi connectivity index (χ1v) is 10.6. The third-order valence-corrected chi connectivity index (χ3v) is 5.48. The Kier molecular flexibility index (Phi) is 5.99. The summed E-state index contributed by atoms with van der Waals surface area (Å²) in [5.41, 5.74) is 2.98. The lowest BCUT2D eigenvalue weighted by Gasteiger charge is -2.11. The van der Waals surface area contributed by atoms with Gasteiger partial charge in [0, 0.05) is 29.2 Å². The van der Waals surface area contributed by atoms with Crippen LogP contribution in [0.15, 0.2) is 36.5 Å². The summed E-state index contributed by atoms with van der Waals surface area (Å²) in [6.07, 6.45) is 3.19. The summed E-state index contributed by atoms with van der Waals surface area (Å²) in [7, 11) is 0. The molecule has 0 fully saturated rings. The first-order chi connectivity index (χ1) is 15.0. The van der Waals surface area contributed by atoms with Gasteiger partial charge in [0.2, 0.25) is 0 Å². The molecule has 2 N–H and O–H groups in total. The van der Waals surface area contributed by atoms with Gasteiger partial charge in [0.05, 0.1) is 23.2 Å². The number of pyridine rings is 1. The van der Waals surface area contributed by atoms with Crippen LogP contribution < -0.4 is 5.32 Å². The molecule has 0 unspecified atom stereocenters. The van der Waals surface area contributed by atoms with Crippen molar-refractivity contribution < 1.29 is 4.79 Å². The van der Waals surface area contributed by atoms with Gasteiger partial charge in [0.1, 0.15) is 5.82 Å². The molecule has 0 spiro atoms. The number of hydrogen-bond acceptors (Lipinski definition) is 5. The van der Waals surface area contributed by atoms with Crippen LogP contribution in [0.4, 0.5) is 0 Å². The van der Waals surface area contributed by atoms with Crippen molar-refractivity contribution in [2.24, 2.45) is 0 Å². The average molecular weight is 438 g/mol. The third kappa shape index (κ3) is 4.44. The molecule has 0 aliphatic heterocycles. The second kappa shape index (κ2) is 8.85. The maximum Gasteiger partial charge on any atom is 0.252 e. The number of nitrogens with zero attached hydrogens (tertiary/aromatic N) is 5. The molecule has 3 heterocycles. The minimum absolute atomic E-state index is 0.156. The lowest BCUT2D eigenvalue weighted by Crippen LogP contribution is -2.26. The fourth-order valence-corrected chi connectivity index (χ4v) is 3.48. The molecule has 4 rings (SSSR count). The largest absolute Gasteiger partial charge is 0.352 e. The number of aromatic amines is 1. The Hall–Kier alpha value is -3.26. The fourth-order valence-electron chi connectivity index (χ4n) is 3.35. The van der Waals surface area contributed by atoms with Crippen LogP contribution in [0.1, 0.15) is 48.2 Å². The number of amides is 1. The molecule has 0 saturated carbocycles. The van der Waals surface area contributed by atoms with E-state index in [1.54, 1.807) is 24.4 Å². The number of H-pyrrole nitrogens is 1. The predicted molar refractivity (Wildman–Crippen MR) is 120 cm³/mol. The first-order valence-electron chi connectivity index (χ1n) is 10.3. The topological polar surface area (TPSA) is 101 Å². The number of aromatic nitrogens is 6. The Morgan fingerprint density at radius 3 is 2.77 bits per heavy atom. The Labute approximate surface area is 185 Å². The second-order valence-corrected chi connectivity index (χ2v) is 7.95. The van der Waals surface area contributed by atoms with Gasteiger partial charge in [-0.2, -0.15) is 10.2 Å². The number of rotatable bonds is 7. The van der Waals surface area contributed by atoms with Crippen molar-refractivity contribution in [1.29, 1.82) is 0 Å². The highest BCUT2D eigenvalue weighted by Gasteiger charge is 2.17. The standard InChI is InChI=1S/C22H24ClN7O/c1-4-14(3)30-21-18(12-25-30)17(11-13(2)26-21)22(31)24-10-9-19-27-20(29-28-19)15-5-7-16(23)8-6-15/h5-8,11-12,14H,4,9-10H2,1-3H3,(H,24,31)(H,27,28,29)/t14-/m1/s1. The molecule has 160 valence electrons. The van der Waals surface area contributed by atoms with Gasteiger partial charge in [-0.25, -0.2) is 14.6 Å². The molecule has 8 nitrogen and oxygen atoms in total. The molecule has 1 aromatic carbocycles. The summed E-state index contributed by atoms with van der Waals surface area (Å²) in [5.74, 6) is 1.14. The quantitative estimate of drug-likeness (QED) is 0.452. The van der Waals surface area contributed by atoms with Crippen molar-refractivity contribution in [3.63, 3.8) is 0 Å². The summed E-state index contributed by atoms with van der Waals surface area (Å²) >= 11 is 5.93. The molecule has 0 radical (unpaired) electrons. The van der Waals surface area contributed by atoms with E-state index in [4.69, 9.17) is 11.6 Å². The van der Waals surface area contributed by atoms with E-state index in [-0.39, 0.29) is 11.9 Å². The summed E-state index contributed by atoms with van der Waals surface area (Å²) < 4.78 is 1.88. The lowest BCUT2D eigenvalue weighted by atomic mass is 10.1. The number of hydrogen-bond donors (Lipinski definition) is 2. The molecular weight excluding hydrogens is 414 g/mol. The first kappa shape index (κ1) is 21.0. The van der Waals surface area contributed by atoms with E-state index in [1.165, 1.54) is 0 Å². The molecule has 0 saturated heterocycles. The highest BCUT2D eigenvalue weighted by Crippen LogP contribution is 2.22. The Bertz CT molecular complexity index is 1210. The van der Waals surface area contributed by atoms with Gasteiger partial charge in [-0.1, -0.05) is 18.5 Å². The van der Waals surface area contributed by atoms with Gasteiger partial charge in [-0.05, 0) is 50.6 Å². The summed E-state index contributed by atoms with van der Waals surface area (Å²) in [6.45, 7) is 6.50. The van der Waals surface area contributed by atoms with E-state index in [9.17, 15) is 4.79 Å². The van der Waals surface area contributed by atoms with Crippen LogP contribution in [-0.2, 0) is 6.42 Å². The fraction of sp³-hybridized carbons (Fsp3) is 0.318. The number of fused-ring (bicyclic) bond motifs is 1. The molecule has 9 heteroatoms. The molecule has 31 heavy (non-hydrogen) atoms. The average Bonchev–Trinajstić information content (AvgIpc) is 3.40. The van der Waals surface area contributed by atoms with Crippen LogP contribution in [0.5, 0.6) is 0 Å². The minimum Gasteiger partial charge on any atom is -0.352 e. The van der Waals surface area contributed by atoms with Crippen molar-refractivity contribution in [1.82, 2.24) is 35.3 Å². The molecule has 3 aromatic heterocycles. The molecule has 1 amide bonds. The number of carbonyl (C=O) groups excluding carboxylic acids is 1. The number of nitrogens with one attached hydrogen (secondary N) is 2. The van der Waals surface area contributed by atoms with Crippen molar-refractivity contribution in [2.45, 2.75) is 39.7 Å². The van der Waals surface area contributed by atoms with Crippen molar-refractivity contribution in [3.05, 3.63) is 58.6 Å². The van der Waals surface area contributed by atoms with Gasteiger partial charge >= 0.3 is 0 Å². The van der Waals surface area contributed by atoms with Gasteiger partial charge in [-0.15, -0.1) is 0 Å². The number of carbonyl (C=O) groups is 1. The van der Waals surface area contributed by atoms with E-state index >= 15 is 0 Å². The van der Waals surface area contributed by atoms with Gasteiger partial charge in [0.15, 0.2) is 11.5 Å². The smallest absolute Gasteiger partial charge is 0.252 e. The number of halogens is 1. The molecule has 0 aliphatic carbocycles. The van der Waals surface area contributed by atoms with E-state index in [0.29, 0.717) is 35.2 Å². The van der Waals surface area contributed by atoms with Gasteiger partial charge in [-0.3, -0.25) is 9.89 Å². The number of aryl methyl sites for hydroxylation is 1. The van der Waals surface area contributed by atoms with Crippen molar-refractivity contribution in [2.75, 3.05) is 6.54 Å². The maximum absolute atomic E-state index is 12.9. The van der Waals surface area contributed by atoms with Crippen LogP contribution in [-0.4, -0.2) is 42.4 Å². The maximum atomic E-state index is 12.9. The van der Waals surface area contributed by atoms with E-state index < -0.39 is 0 Å². The van der Waals surface area contributed by atoms with E-state index in [2.05, 4.69) is 44.4 Å². The third-order valence-electron chi connectivity index (χ3n) is 5.23. The van der Waals surface area contributed by atoms with Crippen molar-refractivity contribution in [3.8, 4) is 11.4 Å². The van der Waals surface area contributed by atoms with Crippen LogP contribution in [0.2, 0.25) is 5.02 Å². The Balaban J connectivity index is 1.44. The lowest BCUT2D eigenvalue weighted by molar-refractivity contribution is 0.0955. The summed E-state index contributed by atoms with van der Waals surface area (Å²) in [5, 5.41) is 16.0. The predicted octanol–water partition coefficient (Wildman–Crippen LogP) is 4.12. The molecule has 4 aromatic rings. The molecule has 1 atom stereocenters. The normalized spacial score (nSPS) is 12.3. The van der Waals surface area contributed by atoms with Crippen LogP contribution in [0.25, 0.3) is 22.4 Å². The molecule has 0 aliphatic rings. The highest BCUT2D eigenvalue weighted by atomic mass is 35.5. The van der Waals surface area contributed by atoms with Gasteiger partial charge < -0.3 is 5.32 Å². The summed E-state index contributed by atoms with van der Waals surface area (Å²) in [6, 6.07) is 9.35. The van der Waals surface area contributed by atoms with Crippen molar-refractivity contribution >= 4 is 28.5 Å². The zero-order valence-electron chi connectivity index (χ0n) is 17.7.